The summed E-state index contributed by atoms with van der Waals surface area (Å²) in [5, 5.41) is 0. The van der Waals surface area contributed by atoms with E-state index in [2.05, 4.69) is 14.8 Å². The van der Waals surface area contributed by atoms with Crippen molar-refractivity contribution in [1.82, 2.24) is 9.88 Å². The molecule has 3 heterocycles. The van der Waals surface area contributed by atoms with Crippen LogP contribution in [0, 0.1) is 0 Å². The molecule has 5 heteroatoms. The van der Waals surface area contributed by atoms with E-state index in [1.54, 1.807) is 6.20 Å². The summed E-state index contributed by atoms with van der Waals surface area (Å²) in [6.45, 7) is 6.07. The number of aromatic nitrogens is 1. The van der Waals surface area contributed by atoms with Crippen molar-refractivity contribution in [3.8, 4) is 0 Å². The van der Waals surface area contributed by atoms with Gasteiger partial charge in [-0.25, -0.2) is 4.98 Å². The first-order chi connectivity index (χ1) is 8.83. The molecule has 2 N–H and O–H groups in total. The number of rotatable bonds is 2. The summed E-state index contributed by atoms with van der Waals surface area (Å²) in [4.78, 5) is 8.99. The molecule has 5 nitrogen and oxygen atoms in total. The van der Waals surface area contributed by atoms with Crippen molar-refractivity contribution in [3.05, 3.63) is 18.3 Å². The highest BCUT2D eigenvalue weighted by molar-refractivity contribution is 5.52. The predicted octanol–water partition coefficient (Wildman–Crippen LogP) is 0.575. The third kappa shape index (κ3) is 2.42. The molecule has 0 amide bonds. The number of anilines is 2. The van der Waals surface area contributed by atoms with Gasteiger partial charge in [0.1, 0.15) is 5.82 Å². The maximum absolute atomic E-state index is 5.74. The molecule has 1 aromatic heterocycles. The number of nitrogens with zero attached hydrogens (tertiary/aromatic N) is 3. The van der Waals surface area contributed by atoms with Crippen molar-refractivity contribution < 1.29 is 4.74 Å². The Balaban J connectivity index is 1.64. The fourth-order valence-corrected chi connectivity index (χ4v) is 2.85. The Morgan fingerprint density at radius 1 is 1.28 bits per heavy atom. The van der Waals surface area contributed by atoms with E-state index in [0.29, 0.717) is 11.9 Å². The number of hydrogen-bond donors (Lipinski definition) is 1. The molecule has 98 valence electrons. The molecule has 0 aromatic carbocycles. The van der Waals surface area contributed by atoms with Crippen LogP contribution in [-0.4, -0.2) is 55.3 Å². The monoisotopic (exact) mass is 248 g/mol. The van der Waals surface area contributed by atoms with Crippen molar-refractivity contribution in [2.75, 3.05) is 50.0 Å². The fourth-order valence-electron chi connectivity index (χ4n) is 2.85. The fraction of sp³-hybridized carbons (Fsp3) is 0.615. The third-order valence-electron chi connectivity index (χ3n) is 3.86. The van der Waals surface area contributed by atoms with Crippen LogP contribution in [0.3, 0.4) is 0 Å². The van der Waals surface area contributed by atoms with Crippen LogP contribution in [0.4, 0.5) is 11.5 Å². The van der Waals surface area contributed by atoms with E-state index in [0.717, 1.165) is 39.4 Å². The van der Waals surface area contributed by atoms with Gasteiger partial charge in [-0.2, -0.15) is 0 Å². The lowest BCUT2D eigenvalue weighted by molar-refractivity contribution is 0.0209. The minimum atomic E-state index is 0.599. The molecule has 18 heavy (non-hydrogen) atoms. The zero-order valence-electron chi connectivity index (χ0n) is 10.6. The van der Waals surface area contributed by atoms with Gasteiger partial charge < -0.3 is 15.4 Å². The van der Waals surface area contributed by atoms with E-state index >= 15 is 0 Å². The van der Waals surface area contributed by atoms with Crippen molar-refractivity contribution >= 4 is 11.5 Å². The Bertz CT molecular complexity index is 406. The number of nitrogens with two attached hydrogens (primary N) is 1. The van der Waals surface area contributed by atoms with E-state index in [-0.39, 0.29) is 0 Å². The quantitative estimate of drug-likeness (QED) is 0.829. The summed E-state index contributed by atoms with van der Waals surface area (Å²) in [6, 6.07) is 4.66. The van der Waals surface area contributed by atoms with Crippen molar-refractivity contribution in [2.24, 2.45) is 0 Å². The molecule has 0 spiro atoms. The zero-order valence-corrected chi connectivity index (χ0v) is 10.6. The van der Waals surface area contributed by atoms with Gasteiger partial charge in [-0.15, -0.1) is 0 Å². The zero-order chi connectivity index (χ0) is 12.4. The molecule has 0 saturated carbocycles. The lowest BCUT2D eigenvalue weighted by Crippen LogP contribution is -2.44. The normalized spacial score (nSPS) is 25.6. The molecule has 2 aliphatic rings. The first-order valence-electron chi connectivity index (χ1n) is 6.61. The topological polar surface area (TPSA) is 54.6 Å². The summed E-state index contributed by atoms with van der Waals surface area (Å²) in [7, 11) is 0. The highest BCUT2D eigenvalue weighted by atomic mass is 16.5. The van der Waals surface area contributed by atoms with E-state index in [1.165, 1.54) is 12.1 Å². The number of ether oxygens (including phenoxy) is 1. The van der Waals surface area contributed by atoms with Gasteiger partial charge in [0.25, 0.3) is 0 Å². The Labute approximate surface area is 108 Å². The third-order valence-corrected chi connectivity index (χ3v) is 3.86. The Morgan fingerprint density at radius 2 is 2.11 bits per heavy atom. The molecular formula is C13H20N4O. The lowest BCUT2D eigenvalue weighted by atomic mass is 10.2. The van der Waals surface area contributed by atoms with Crippen LogP contribution in [-0.2, 0) is 4.74 Å². The minimum absolute atomic E-state index is 0.599. The van der Waals surface area contributed by atoms with Crippen LogP contribution in [0.25, 0.3) is 0 Å². The molecule has 1 unspecified atom stereocenters. The van der Waals surface area contributed by atoms with Crippen LogP contribution in [0.5, 0.6) is 0 Å². The Morgan fingerprint density at radius 3 is 2.89 bits per heavy atom. The van der Waals surface area contributed by atoms with Crippen molar-refractivity contribution in [2.45, 2.75) is 12.5 Å². The number of pyridine rings is 1. The van der Waals surface area contributed by atoms with Crippen LogP contribution in [0.15, 0.2) is 18.3 Å². The lowest BCUT2D eigenvalue weighted by Gasteiger charge is -2.32. The number of nitrogen functional groups attached to an aromatic ring is 1. The highest BCUT2D eigenvalue weighted by Crippen LogP contribution is 2.24. The summed E-state index contributed by atoms with van der Waals surface area (Å²) in [5.41, 5.74) is 6.93. The first-order valence-corrected chi connectivity index (χ1v) is 6.61. The van der Waals surface area contributed by atoms with Gasteiger partial charge in [0.2, 0.25) is 0 Å². The largest absolute Gasteiger partial charge is 0.384 e. The van der Waals surface area contributed by atoms with Crippen LogP contribution in [0.2, 0.25) is 0 Å². The van der Waals surface area contributed by atoms with Gasteiger partial charge in [-0.05, 0) is 12.5 Å². The van der Waals surface area contributed by atoms with Gasteiger partial charge in [0, 0.05) is 50.2 Å². The highest BCUT2D eigenvalue weighted by Gasteiger charge is 2.28. The maximum Gasteiger partial charge on any atom is 0.125 e. The van der Waals surface area contributed by atoms with Crippen molar-refractivity contribution in [1.29, 1.82) is 0 Å². The SMILES string of the molecule is Nc1cc(N2CCC(N3CCOCC3)C2)ccn1. The van der Waals surface area contributed by atoms with E-state index in [1.807, 2.05) is 12.1 Å². The van der Waals surface area contributed by atoms with Gasteiger partial charge >= 0.3 is 0 Å². The first kappa shape index (κ1) is 11.7. The smallest absolute Gasteiger partial charge is 0.125 e. The standard InChI is InChI=1S/C13H20N4O/c14-13-9-11(1-3-15-13)17-4-2-12(10-17)16-5-7-18-8-6-16/h1,3,9,12H,2,4-8,10H2,(H2,14,15). The predicted molar refractivity (Wildman–Crippen MR) is 71.7 cm³/mol. The Kier molecular flexibility index (Phi) is 3.34. The molecule has 1 aromatic rings. The number of morpholine rings is 1. The van der Waals surface area contributed by atoms with Gasteiger partial charge in [0.15, 0.2) is 0 Å². The molecule has 2 saturated heterocycles. The van der Waals surface area contributed by atoms with Gasteiger partial charge in [0.05, 0.1) is 13.2 Å². The van der Waals surface area contributed by atoms with Crippen LogP contribution < -0.4 is 10.6 Å². The van der Waals surface area contributed by atoms with Crippen LogP contribution >= 0.6 is 0 Å². The second-order valence-electron chi connectivity index (χ2n) is 4.98. The molecule has 0 bridgehead atoms. The second kappa shape index (κ2) is 5.12. The average molecular weight is 248 g/mol. The maximum atomic E-state index is 5.74. The molecular weight excluding hydrogens is 228 g/mol. The van der Waals surface area contributed by atoms with Gasteiger partial charge in [-0.1, -0.05) is 0 Å². The van der Waals surface area contributed by atoms with Crippen molar-refractivity contribution in [3.63, 3.8) is 0 Å². The molecule has 2 fully saturated rings. The van der Waals surface area contributed by atoms with E-state index in [4.69, 9.17) is 10.5 Å². The summed E-state index contributed by atoms with van der Waals surface area (Å²) in [5.74, 6) is 0.599. The Hall–Kier alpha value is -1.33. The van der Waals surface area contributed by atoms with E-state index in [9.17, 15) is 0 Å². The molecule has 0 aliphatic carbocycles. The van der Waals surface area contributed by atoms with E-state index < -0.39 is 0 Å². The van der Waals surface area contributed by atoms with Crippen LogP contribution in [0.1, 0.15) is 6.42 Å². The summed E-state index contributed by atoms with van der Waals surface area (Å²) >= 11 is 0. The molecule has 2 aliphatic heterocycles. The average Bonchev–Trinajstić information content (AvgIpc) is 2.89. The summed E-state index contributed by atoms with van der Waals surface area (Å²) < 4.78 is 5.41. The molecule has 1 atom stereocenters. The number of hydrogen-bond acceptors (Lipinski definition) is 5. The molecule has 3 rings (SSSR count). The van der Waals surface area contributed by atoms with Gasteiger partial charge in [-0.3, -0.25) is 4.90 Å². The molecule has 0 radical (unpaired) electrons. The summed E-state index contributed by atoms with van der Waals surface area (Å²) in [6.07, 6.45) is 3.01. The minimum Gasteiger partial charge on any atom is -0.384 e. The second-order valence-corrected chi connectivity index (χ2v) is 4.98.